The lowest BCUT2D eigenvalue weighted by atomic mass is 10.0. The first-order valence-electron chi connectivity index (χ1n) is 10.3. The van der Waals surface area contributed by atoms with Gasteiger partial charge in [-0.2, -0.15) is 0 Å². The van der Waals surface area contributed by atoms with Crippen LogP contribution in [0.15, 0.2) is 18.2 Å². The number of hydrogen-bond acceptors (Lipinski definition) is 7. The summed E-state index contributed by atoms with van der Waals surface area (Å²) in [6.45, 7) is 1.53. The molecule has 1 aromatic carbocycles. The fourth-order valence-corrected chi connectivity index (χ4v) is 4.07. The minimum atomic E-state index is -1.16. The Bertz CT molecular complexity index is 945. The molecule has 3 aliphatic rings. The lowest BCUT2D eigenvalue weighted by Gasteiger charge is -2.34. The minimum absolute atomic E-state index is 0.00726. The van der Waals surface area contributed by atoms with Crippen molar-refractivity contribution in [2.75, 3.05) is 32.8 Å². The van der Waals surface area contributed by atoms with Crippen LogP contribution in [-0.2, 0) is 14.4 Å². The quantitative estimate of drug-likeness (QED) is 0.604. The van der Waals surface area contributed by atoms with E-state index < -0.39 is 48.1 Å². The van der Waals surface area contributed by atoms with Gasteiger partial charge in [0.2, 0.25) is 5.91 Å². The van der Waals surface area contributed by atoms with Gasteiger partial charge in [0.25, 0.3) is 17.7 Å². The molecule has 3 aliphatic heterocycles. The van der Waals surface area contributed by atoms with Crippen molar-refractivity contribution < 1.29 is 38.6 Å². The summed E-state index contributed by atoms with van der Waals surface area (Å²) < 4.78 is 13.8. The molecule has 2 N–H and O–H groups in total. The van der Waals surface area contributed by atoms with Crippen molar-refractivity contribution in [1.29, 1.82) is 0 Å². The highest BCUT2D eigenvalue weighted by Gasteiger charge is 2.47. The smallest absolute Gasteiger partial charge is 0.317 e. The topological polar surface area (TPSA) is 136 Å². The van der Waals surface area contributed by atoms with Gasteiger partial charge in [-0.05, 0) is 44.5 Å². The Morgan fingerprint density at radius 3 is 2.38 bits per heavy atom. The number of benzene rings is 1. The van der Waals surface area contributed by atoms with E-state index in [0.29, 0.717) is 4.90 Å². The van der Waals surface area contributed by atoms with Crippen LogP contribution in [0.5, 0.6) is 0 Å². The van der Waals surface area contributed by atoms with Gasteiger partial charge in [-0.3, -0.25) is 38.7 Å². The number of likely N-dealkylation sites (tertiary alicyclic amines) is 2. The number of carbonyl (C=O) groups is 5. The summed E-state index contributed by atoms with van der Waals surface area (Å²) in [5.74, 6) is -4.36. The Balaban J connectivity index is 0.000000269. The third-order valence-electron chi connectivity index (χ3n) is 5.57. The largest absolute Gasteiger partial charge is 0.480 e. The summed E-state index contributed by atoms with van der Waals surface area (Å²) in [4.78, 5) is 62.5. The first kappa shape index (κ1) is 23.5. The molecular weight excluding hydrogens is 425 g/mol. The SMILES string of the molecule is O=C(O)CN1CCCC1.O=C1CCC(N2C(=O)c3cccc(F)c3C2=O)C(=O)N1CCO. The Morgan fingerprint density at radius 1 is 1.09 bits per heavy atom. The summed E-state index contributed by atoms with van der Waals surface area (Å²) >= 11 is 0. The van der Waals surface area contributed by atoms with Crippen LogP contribution in [0.1, 0.15) is 46.4 Å². The maximum atomic E-state index is 13.8. The number of amides is 4. The average molecular weight is 449 g/mol. The maximum absolute atomic E-state index is 13.8. The van der Waals surface area contributed by atoms with Crippen LogP contribution >= 0.6 is 0 Å². The number of β-amino-alcohol motifs (C(OH)–C–C–N with tert-alkyl or cyclic N) is 1. The molecule has 3 heterocycles. The second kappa shape index (κ2) is 9.96. The number of carbonyl (C=O) groups excluding carboxylic acids is 4. The predicted octanol–water partition coefficient (Wildman–Crippen LogP) is 0.0984. The monoisotopic (exact) mass is 449 g/mol. The van der Waals surface area contributed by atoms with Crippen molar-refractivity contribution in [1.82, 2.24) is 14.7 Å². The summed E-state index contributed by atoms with van der Waals surface area (Å²) in [5, 5.41) is 17.3. The highest BCUT2D eigenvalue weighted by Crippen LogP contribution is 2.30. The van der Waals surface area contributed by atoms with Crippen LogP contribution in [0.2, 0.25) is 0 Å². The highest BCUT2D eigenvalue weighted by molar-refractivity contribution is 6.23. The van der Waals surface area contributed by atoms with Crippen molar-refractivity contribution >= 4 is 29.6 Å². The van der Waals surface area contributed by atoms with Gasteiger partial charge in [0.1, 0.15) is 11.9 Å². The summed E-state index contributed by atoms with van der Waals surface area (Å²) in [6.07, 6.45) is 2.28. The Kier molecular flexibility index (Phi) is 7.31. The minimum Gasteiger partial charge on any atom is -0.480 e. The highest BCUT2D eigenvalue weighted by atomic mass is 19.1. The molecule has 1 unspecified atom stereocenters. The molecule has 1 aromatic rings. The molecule has 0 saturated carbocycles. The predicted molar refractivity (Wildman–Crippen MR) is 107 cm³/mol. The number of carboxylic acids is 1. The van der Waals surface area contributed by atoms with Crippen LogP contribution in [0.4, 0.5) is 4.39 Å². The second-order valence-electron chi connectivity index (χ2n) is 7.68. The van der Waals surface area contributed by atoms with E-state index in [1.165, 1.54) is 12.1 Å². The van der Waals surface area contributed by atoms with Crippen LogP contribution in [0, 0.1) is 5.82 Å². The van der Waals surface area contributed by atoms with Crippen LogP contribution in [0.3, 0.4) is 0 Å². The molecule has 0 bridgehead atoms. The number of aliphatic carboxylic acids is 1. The molecule has 2 fully saturated rings. The van der Waals surface area contributed by atoms with E-state index >= 15 is 0 Å². The van der Waals surface area contributed by atoms with E-state index in [1.54, 1.807) is 0 Å². The first-order valence-corrected chi connectivity index (χ1v) is 10.3. The lowest BCUT2D eigenvalue weighted by Crippen LogP contribution is -2.56. The van der Waals surface area contributed by atoms with Crippen molar-refractivity contribution in [3.8, 4) is 0 Å². The number of fused-ring (bicyclic) bond motifs is 1. The standard InChI is InChI=1S/C15H13FN2O5.C6H11NO2/c16-9-3-1-2-8-12(9)15(23)18(13(8)21)10-4-5-11(20)17(6-7-19)14(10)22;8-6(9)5-7-3-1-2-4-7/h1-3,10,19H,4-7H2;1-5H2,(H,8,9). The van der Waals surface area contributed by atoms with Gasteiger partial charge in [-0.1, -0.05) is 6.07 Å². The summed E-state index contributed by atoms with van der Waals surface area (Å²) in [5.41, 5.74) is -0.440. The van der Waals surface area contributed by atoms with Crippen molar-refractivity contribution in [3.05, 3.63) is 35.1 Å². The number of aliphatic hydroxyl groups excluding tert-OH is 1. The second-order valence-corrected chi connectivity index (χ2v) is 7.68. The number of aliphatic hydroxyl groups is 1. The Morgan fingerprint density at radius 2 is 1.78 bits per heavy atom. The van der Waals surface area contributed by atoms with Crippen molar-refractivity contribution in [2.24, 2.45) is 0 Å². The zero-order valence-corrected chi connectivity index (χ0v) is 17.3. The lowest BCUT2D eigenvalue weighted by molar-refractivity contribution is -0.152. The molecule has 32 heavy (non-hydrogen) atoms. The van der Waals surface area contributed by atoms with E-state index in [9.17, 15) is 28.4 Å². The molecule has 0 aliphatic carbocycles. The van der Waals surface area contributed by atoms with Crippen molar-refractivity contribution in [3.63, 3.8) is 0 Å². The molecule has 10 nitrogen and oxygen atoms in total. The number of hydrogen-bond donors (Lipinski definition) is 2. The molecule has 0 spiro atoms. The van der Waals surface area contributed by atoms with E-state index in [4.69, 9.17) is 10.2 Å². The van der Waals surface area contributed by atoms with Gasteiger partial charge in [-0.15, -0.1) is 0 Å². The van der Waals surface area contributed by atoms with Gasteiger partial charge in [-0.25, -0.2) is 4.39 Å². The summed E-state index contributed by atoms with van der Waals surface area (Å²) in [6, 6.07) is 2.54. The molecule has 11 heteroatoms. The van der Waals surface area contributed by atoms with Crippen LogP contribution in [0.25, 0.3) is 0 Å². The fraction of sp³-hybridized carbons (Fsp3) is 0.476. The van der Waals surface area contributed by atoms with Gasteiger partial charge in [0, 0.05) is 6.42 Å². The molecule has 1 atom stereocenters. The fourth-order valence-electron chi connectivity index (χ4n) is 4.07. The molecule has 172 valence electrons. The van der Waals surface area contributed by atoms with Gasteiger partial charge in [0.15, 0.2) is 0 Å². The van der Waals surface area contributed by atoms with Gasteiger partial charge < -0.3 is 10.2 Å². The van der Waals surface area contributed by atoms with E-state index in [-0.39, 0.29) is 37.1 Å². The first-order chi connectivity index (χ1) is 15.3. The molecule has 4 rings (SSSR count). The van der Waals surface area contributed by atoms with E-state index in [2.05, 4.69) is 0 Å². The molecular formula is C21H24FN3O7. The van der Waals surface area contributed by atoms with Crippen LogP contribution < -0.4 is 0 Å². The normalized spacial score (nSPS) is 21.0. The Labute approximate surface area is 183 Å². The molecule has 4 amide bonds. The summed E-state index contributed by atoms with van der Waals surface area (Å²) in [7, 11) is 0. The zero-order chi connectivity index (χ0) is 23.4. The van der Waals surface area contributed by atoms with Gasteiger partial charge >= 0.3 is 5.97 Å². The van der Waals surface area contributed by atoms with E-state index in [1.807, 2.05) is 4.90 Å². The zero-order valence-electron chi connectivity index (χ0n) is 17.3. The van der Waals surface area contributed by atoms with Gasteiger partial charge in [0.05, 0.1) is 30.8 Å². The van der Waals surface area contributed by atoms with Crippen LogP contribution in [-0.4, -0.2) is 93.3 Å². The molecule has 0 aromatic heterocycles. The van der Waals surface area contributed by atoms with E-state index in [0.717, 1.165) is 36.9 Å². The maximum Gasteiger partial charge on any atom is 0.317 e. The average Bonchev–Trinajstić information content (AvgIpc) is 3.33. The number of halogens is 1. The Hall–Kier alpha value is -3.18. The number of piperidine rings is 1. The number of rotatable bonds is 5. The molecule has 0 radical (unpaired) electrons. The number of nitrogens with zero attached hydrogens (tertiary/aromatic N) is 3. The third kappa shape index (κ3) is 4.68. The molecule has 2 saturated heterocycles. The number of imide groups is 2. The van der Waals surface area contributed by atoms with Crippen molar-refractivity contribution in [2.45, 2.75) is 31.7 Å². The third-order valence-corrected chi connectivity index (χ3v) is 5.57. The number of carboxylic acid groups (broad SMARTS) is 1.